The Morgan fingerprint density at radius 3 is 2.48 bits per heavy atom. The van der Waals surface area contributed by atoms with Crippen LogP contribution in [0.2, 0.25) is 5.15 Å². The van der Waals surface area contributed by atoms with E-state index in [9.17, 15) is 9.59 Å². The zero-order valence-electron chi connectivity index (χ0n) is 10.8. The van der Waals surface area contributed by atoms with Gasteiger partial charge >= 0.3 is 11.9 Å². The van der Waals surface area contributed by atoms with Gasteiger partial charge in [-0.1, -0.05) is 17.7 Å². The molecule has 2 aromatic heterocycles. The van der Waals surface area contributed by atoms with Gasteiger partial charge in [-0.15, -0.1) is 0 Å². The van der Waals surface area contributed by atoms with Gasteiger partial charge in [0.25, 0.3) is 0 Å². The largest absolute Gasteiger partial charge is 0.481 e. The number of hydrogen-bond acceptors (Lipinski definition) is 4. The molecule has 0 spiro atoms. The second-order valence-corrected chi connectivity index (χ2v) is 4.86. The third-order valence-corrected chi connectivity index (χ3v) is 3.08. The fourth-order valence-corrected chi connectivity index (χ4v) is 1.91. The van der Waals surface area contributed by atoms with E-state index in [1.165, 1.54) is 6.20 Å². The molecule has 0 bridgehead atoms. The van der Waals surface area contributed by atoms with Crippen LogP contribution in [-0.2, 0) is 22.6 Å². The Bertz CT molecular complexity index is 640. The minimum absolute atomic E-state index is 0.108. The molecule has 8 heteroatoms. The summed E-state index contributed by atoms with van der Waals surface area (Å²) in [5.41, 5.74) is 1.42. The van der Waals surface area contributed by atoms with Crippen molar-refractivity contribution in [1.82, 2.24) is 14.8 Å². The molecule has 0 amide bonds. The summed E-state index contributed by atoms with van der Waals surface area (Å²) in [7, 11) is 0. The minimum Gasteiger partial charge on any atom is -0.481 e. The van der Waals surface area contributed by atoms with Crippen molar-refractivity contribution >= 4 is 23.5 Å². The third kappa shape index (κ3) is 4.03. The van der Waals surface area contributed by atoms with Gasteiger partial charge in [0, 0.05) is 12.4 Å². The van der Waals surface area contributed by atoms with E-state index in [4.69, 9.17) is 21.8 Å². The number of nitrogens with zero attached hydrogens (tertiary/aromatic N) is 3. The fourth-order valence-electron chi connectivity index (χ4n) is 1.80. The summed E-state index contributed by atoms with van der Waals surface area (Å²) in [5.74, 6) is -4.20. The van der Waals surface area contributed by atoms with Crippen LogP contribution in [0.3, 0.4) is 0 Å². The number of pyridine rings is 1. The van der Waals surface area contributed by atoms with Gasteiger partial charge < -0.3 is 10.2 Å². The molecule has 0 saturated carbocycles. The van der Waals surface area contributed by atoms with Crippen molar-refractivity contribution in [3.63, 3.8) is 0 Å². The van der Waals surface area contributed by atoms with Crippen molar-refractivity contribution in [1.29, 1.82) is 0 Å². The van der Waals surface area contributed by atoms with Crippen LogP contribution in [0.25, 0.3) is 0 Å². The molecule has 0 radical (unpaired) electrons. The van der Waals surface area contributed by atoms with Crippen molar-refractivity contribution in [2.24, 2.45) is 5.92 Å². The quantitative estimate of drug-likeness (QED) is 0.615. The molecule has 0 saturated heterocycles. The summed E-state index contributed by atoms with van der Waals surface area (Å²) >= 11 is 5.69. The Hall–Kier alpha value is -2.41. The molecule has 110 valence electrons. The van der Waals surface area contributed by atoms with E-state index in [0.717, 1.165) is 5.56 Å². The molecule has 0 atom stereocenters. The Labute approximate surface area is 124 Å². The number of halogens is 1. The highest BCUT2D eigenvalue weighted by atomic mass is 35.5. The predicted octanol–water partition coefficient (Wildman–Crippen LogP) is 1.31. The first-order valence-corrected chi connectivity index (χ1v) is 6.41. The van der Waals surface area contributed by atoms with Crippen LogP contribution in [0.5, 0.6) is 0 Å². The Kier molecular flexibility index (Phi) is 4.54. The normalized spacial score (nSPS) is 10.8. The number of carbonyl (C=O) groups is 2. The summed E-state index contributed by atoms with van der Waals surface area (Å²) in [6.07, 6.45) is 4.58. The van der Waals surface area contributed by atoms with E-state index in [-0.39, 0.29) is 6.42 Å². The number of hydrogen-bond donors (Lipinski definition) is 2. The first-order valence-electron chi connectivity index (χ1n) is 6.03. The number of rotatable bonds is 6. The molecule has 21 heavy (non-hydrogen) atoms. The summed E-state index contributed by atoms with van der Waals surface area (Å²) < 4.78 is 1.58. The van der Waals surface area contributed by atoms with Gasteiger partial charge in [0.15, 0.2) is 5.92 Å². The molecular formula is C13H12ClN3O4. The average molecular weight is 310 g/mol. The molecule has 2 heterocycles. The second kappa shape index (κ2) is 6.36. The zero-order chi connectivity index (χ0) is 15.4. The molecule has 0 aliphatic carbocycles. The fraction of sp³-hybridized carbons (Fsp3) is 0.231. The van der Waals surface area contributed by atoms with Gasteiger partial charge in [-0.3, -0.25) is 14.3 Å². The summed E-state index contributed by atoms with van der Waals surface area (Å²) in [4.78, 5) is 25.6. The van der Waals surface area contributed by atoms with Gasteiger partial charge in [-0.05, 0) is 23.6 Å². The average Bonchev–Trinajstić information content (AvgIpc) is 2.85. The van der Waals surface area contributed by atoms with Crippen molar-refractivity contribution in [3.8, 4) is 0 Å². The zero-order valence-corrected chi connectivity index (χ0v) is 11.6. The van der Waals surface area contributed by atoms with Crippen LogP contribution in [0.4, 0.5) is 0 Å². The van der Waals surface area contributed by atoms with Gasteiger partial charge in [-0.25, -0.2) is 4.98 Å². The standard InChI is InChI=1S/C13H12ClN3O4/c14-11-2-1-8(4-15-11)6-17-7-9(5-16-17)3-10(12(18)19)13(20)21/h1-2,4-5,7,10H,3,6H2,(H,18,19)(H,20,21). The topological polar surface area (TPSA) is 105 Å². The summed E-state index contributed by atoms with van der Waals surface area (Å²) in [6.45, 7) is 0.439. The highest BCUT2D eigenvalue weighted by molar-refractivity contribution is 6.29. The molecule has 2 aromatic rings. The van der Waals surface area contributed by atoms with Crippen molar-refractivity contribution in [2.45, 2.75) is 13.0 Å². The van der Waals surface area contributed by atoms with E-state index < -0.39 is 17.9 Å². The first kappa shape index (κ1) is 15.0. The lowest BCUT2D eigenvalue weighted by Crippen LogP contribution is -2.25. The molecule has 0 aliphatic heterocycles. The van der Waals surface area contributed by atoms with Crippen molar-refractivity contribution < 1.29 is 19.8 Å². The first-order chi connectivity index (χ1) is 9.95. The van der Waals surface area contributed by atoms with Crippen LogP contribution in [0, 0.1) is 5.92 Å². The number of carboxylic acids is 2. The van der Waals surface area contributed by atoms with Crippen LogP contribution in [0.15, 0.2) is 30.7 Å². The van der Waals surface area contributed by atoms with Crippen LogP contribution in [-0.4, -0.2) is 36.9 Å². The number of carboxylic acid groups (broad SMARTS) is 2. The van der Waals surface area contributed by atoms with Gasteiger partial charge in [0.1, 0.15) is 5.15 Å². The van der Waals surface area contributed by atoms with Crippen molar-refractivity contribution in [2.75, 3.05) is 0 Å². The Morgan fingerprint density at radius 1 is 1.19 bits per heavy atom. The van der Waals surface area contributed by atoms with Crippen LogP contribution in [0.1, 0.15) is 11.1 Å². The summed E-state index contributed by atoms with van der Waals surface area (Å²) in [6, 6.07) is 3.46. The minimum atomic E-state index is -1.47. The number of aliphatic carboxylic acids is 2. The SMILES string of the molecule is O=C(O)C(Cc1cnn(Cc2ccc(Cl)nc2)c1)C(=O)O. The lowest BCUT2D eigenvalue weighted by molar-refractivity contribution is -0.154. The number of aromatic nitrogens is 3. The highest BCUT2D eigenvalue weighted by Gasteiger charge is 2.26. The smallest absolute Gasteiger partial charge is 0.318 e. The molecule has 0 aromatic carbocycles. The lowest BCUT2D eigenvalue weighted by atomic mass is 10.0. The van der Waals surface area contributed by atoms with E-state index in [0.29, 0.717) is 17.3 Å². The van der Waals surface area contributed by atoms with Crippen molar-refractivity contribution in [3.05, 3.63) is 47.0 Å². The maximum Gasteiger partial charge on any atom is 0.318 e. The maximum absolute atomic E-state index is 10.8. The summed E-state index contributed by atoms with van der Waals surface area (Å²) in [5, 5.41) is 22.2. The highest BCUT2D eigenvalue weighted by Crippen LogP contribution is 2.11. The van der Waals surface area contributed by atoms with Crippen LogP contribution >= 0.6 is 11.6 Å². The van der Waals surface area contributed by atoms with Gasteiger partial charge in [-0.2, -0.15) is 5.10 Å². The predicted molar refractivity (Wildman–Crippen MR) is 73.0 cm³/mol. The van der Waals surface area contributed by atoms with Gasteiger partial charge in [0.05, 0.1) is 12.7 Å². The molecule has 0 fully saturated rings. The molecule has 0 aliphatic rings. The van der Waals surface area contributed by atoms with Crippen LogP contribution < -0.4 is 0 Å². The molecule has 2 rings (SSSR count). The molecule has 7 nitrogen and oxygen atoms in total. The molecular weight excluding hydrogens is 298 g/mol. The van der Waals surface area contributed by atoms with Gasteiger partial charge in [0.2, 0.25) is 0 Å². The molecule has 0 unspecified atom stereocenters. The Balaban J connectivity index is 2.05. The lowest BCUT2D eigenvalue weighted by Gasteiger charge is -2.04. The van der Waals surface area contributed by atoms with E-state index in [2.05, 4.69) is 10.1 Å². The van der Waals surface area contributed by atoms with E-state index in [1.807, 2.05) is 0 Å². The third-order valence-electron chi connectivity index (χ3n) is 2.86. The Morgan fingerprint density at radius 2 is 1.90 bits per heavy atom. The maximum atomic E-state index is 10.8. The monoisotopic (exact) mass is 309 g/mol. The second-order valence-electron chi connectivity index (χ2n) is 4.47. The van der Waals surface area contributed by atoms with E-state index >= 15 is 0 Å². The van der Waals surface area contributed by atoms with E-state index in [1.54, 1.807) is 29.2 Å². The molecule has 2 N–H and O–H groups in total.